The van der Waals surface area contributed by atoms with Crippen molar-refractivity contribution in [2.45, 2.75) is 13.1 Å². The Kier molecular flexibility index (Phi) is 4.23. The van der Waals surface area contributed by atoms with Crippen LogP contribution in [0.3, 0.4) is 0 Å². The first kappa shape index (κ1) is 12.9. The standard InChI is InChI=1S/C13H17ClN4/c1-17(7-8-18-6-5-13(15)16-18)10-11-3-2-4-12(14)9-11/h2-6,9H,7-8,10H2,1H3,(H2,15,16). The Bertz CT molecular complexity index is 509. The molecule has 2 N–H and O–H groups in total. The molecular formula is C13H17ClN4. The van der Waals surface area contributed by atoms with Gasteiger partial charge in [-0.25, -0.2) is 0 Å². The number of nitrogens with two attached hydrogens (primary N) is 1. The summed E-state index contributed by atoms with van der Waals surface area (Å²) in [7, 11) is 2.08. The van der Waals surface area contributed by atoms with Gasteiger partial charge in [-0.3, -0.25) is 4.68 Å². The van der Waals surface area contributed by atoms with Crippen molar-refractivity contribution in [3.8, 4) is 0 Å². The van der Waals surface area contributed by atoms with E-state index in [1.165, 1.54) is 5.56 Å². The van der Waals surface area contributed by atoms with Crippen LogP contribution in [-0.2, 0) is 13.1 Å². The monoisotopic (exact) mass is 264 g/mol. The van der Waals surface area contributed by atoms with Gasteiger partial charge < -0.3 is 10.6 Å². The quantitative estimate of drug-likeness (QED) is 0.901. The fourth-order valence-corrected chi connectivity index (χ4v) is 2.01. The van der Waals surface area contributed by atoms with Crippen molar-refractivity contribution in [3.05, 3.63) is 47.1 Å². The van der Waals surface area contributed by atoms with E-state index < -0.39 is 0 Å². The molecule has 0 amide bonds. The molecule has 2 aromatic rings. The van der Waals surface area contributed by atoms with Crippen LogP contribution in [0.4, 0.5) is 5.82 Å². The fourth-order valence-electron chi connectivity index (χ4n) is 1.80. The van der Waals surface area contributed by atoms with E-state index in [0.29, 0.717) is 5.82 Å². The van der Waals surface area contributed by atoms with Gasteiger partial charge >= 0.3 is 0 Å². The molecule has 0 aliphatic carbocycles. The van der Waals surface area contributed by atoms with Crippen LogP contribution in [0.15, 0.2) is 36.5 Å². The number of halogens is 1. The average molecular weight is 265 g/mol. The summed E-state index contributed by atoms with van der Waals surface area (Å²) >= 11 is 5.96. The first-order valence-corrected chi connectivity index (χ1v) is 6.23. The first-order valence-electron chi connectivity index (χ1n) is 5.85. The number of hydrogen-bond donors (Lipinski definition) is 1. The maximum absolute atomic E-state index is 5.96. The van der Waals surface area contributed by atoms with E-state index in [1.54, 1.807) is 6.07 Å². The number of hydrogen-bond acceptors (Lipinski definition) is 3. The van der Waals surface area contributed by atoms with E-state index in [-0.39, 0.29) is 0 Å². The first-order chi connectivity index (χ1) is 8.63. The van der Waals surface area contributed by atoms with Crippen molar-refractivity contribution in [3.63, 3.8) is 0 Å². The normalized spacial score (nSPS) is 11.1. The van der Waals surface area contributed by atoms with Gasteiger partial charge in [0.05, 0.1) is 6.54 Å². The van der Waals surface area contributed by atoms with Crippen LogP contribution >= 0.6 is 11.6 Å². The molecular weight excluding hydrogens is 248 g/mol. The summed E-state index contributed by atoms with van der Waals surface area (Å²) in [6.07, 6.45) is 1.89. The van der Waals surface area contributed by atoms with Crippen LogP contribution < -0.4 is 5.73 Å². The zero-order chi connectivity index (χ0) is 13.0. The lowest BCUT2D eigenvalue weighted by atomic mass is 10.2. The van der Waals surface area contributed by atoms with Crippen LogP contribution in [0.1, 0.15) is 5.56 Å². The maximum Gasteiger partial charge on any atom is 0.145 e. The van der Waals surface area contributed by atoms with Gasteiger partial charge in [0.25, 0.3) is 0 Å². The largest absolute Gasteiger partial charge is 0.382 e. The van der Waals surface area contributed by atoms with Gasteiger partial charge in [-0.2, -0.15) is 5.10 Å². The lowest BCUT2D eigenvalue weighted by Gasteiger charge is -2.16. The van der Waals surface area contributed by atoms with Crippen molar-refractivity contribution in [1.29, 1.82) is 0 Å². The topological polar surface area (TPSA) is 47.1 Å². The molecule has 0 fully saturated rings. The van der Waals surface area contributed by atoms with Crippen molar-refractivity contribution >= 4 is 17.4 Å². The van der Waals surface area contributed by atoms with Gasteiger partial charge in [-0.05, 0) is 30.8 Å². The molecule has 18 heavy (non-hydrogen) atoms. The molecule has 1 aromatic heterocycles. The number of rotatable bonds is 5. The summed E-state index contributed by atoms with van der Waals surface area (Å²) in [5.74, 6) is 0.562. The molecule has 1 aromatic carbocycles. The van der Waals surface area contributed by atoms with E-state index in [4.69, 9.17) is 17.3 Å². The second-order valence-corrected chi connectivity index (χ2v) is 4.81. The Morgan fingerprint density at radius 2 is 2.22 bits per heavy atom. The Balaban J connectivity index is 1.83. The highest BCUT2D eigenvalue weighted by molar-refractivity contribution is 6.30. The minimum Gasteiger partial charge on any atom is -0.382 e. The number of anilines is 1. The number of benzene rings is 1. The Morgan fingerprint density at radius 3 is 2.89 bits per heavy atom. The summed E-state index contributed by atoms with van der Waals surface area (Å²) in [5, 5.41) is 4.93. The minimum absolute atomic E-state index is 0.562. The van der Waals surface area contributed by atoms with Crippen molar-refractivity contribution in [2.75, 3.05) is 19.3 Å². The molecule has 0 aliphatic rings. The molecule has 0 bridgehead atoms. The predicted molar refractivity (Wildman–Crippen MR) is 74.4 cm³/mol. The molecule has 0 saturated carbocycles. The highest BCUT2D eigenvalue weighted by Gasteiger charge is 2.02. The summed E-state index contributed by atoms with van der Waals surface area (Å²) < 4.78 is 1.85. The summed E-state index contributed by atoms with van der Waals surface area (Å²) in [6, 6.07) is 9.73. The Labute approximate surface area is 112 Å². The number of likely N-dealkylation sites (N-methyl/N-ethyl adjacent to an activating group) is 1. The third-order valence-corrected chi connectivity index (χ3v) is 2.95. The molecule has 0 spiro atoms. The van der Waals surface area contributed by atoms with E-state index in [1.807, 2.05) is 29.1 Å². The van der Waals surface area contributed by atoms with Crippen LogP contribution in [-0.4, -0.2) is 28.3 Å². The van der Waals surface area contributed by atoms with Crippen LogP contribution in [0.2, 0.25) is 5.02 Å². The number of aromatic nitrogens is 2. The van der Waals surface area contributed by atoms with E-state index in [9.17, 15) is 0 Å². The molecule has 0 saturated heterocycles. The summed E-state index contributed by atoms with van der Waals surface area (Å²) in [4.78, 5) is 2.23. The SMILES string of the molecule is CN(CCn1ccc(N)n1)Cc1cccc(Cl)c1. The van der Waals surface area contributed by atoms with Crippen LogP contribution in [0.25, 0.3) is 0 Å². The molecule has 0 radical (unpaired) electrons. The highest BCUT2D eigenvalue weighted by atomic mass is 35.5. The van der Waals surface area contributed by atoms with E-state index in [2.05, 4.69) is 23.1 Å². The average Bonchev–Trinajstić information content (AvgIpc) is 2.73. The van der Waals surface area contributed by atoms with Crippen LogP contribution in [0, 0.1) is 0 Å². The van der Waals surface area contributed by atoms with Gasteiger partial charge in [0.15, 0.2) is 0 Å². The molecule has 5 heteroatoms. The summed E-state index contributed by atoms with van der Waals surface area (Å²) in [6.45, 7) is 2.61. The van der Waals surface area contributed by atoms with Gasteiger partial charge in [-0.15, -0.1) is 0 Å². The molecule has 0 atom stereocenters. The van der Waals surface area contributed by atoms with Gasteiger partial charge in [0.1, 0.15) is 5.82 Å². The second kappa shape index (κ2) is 5.89. The maximum atomic E-state index is 5.96. The van der Waals surface area contributed by atoms with Gasteiger partial charge in [0, 0.05) is 24.3 Å². The molecule has 96 valence electrons. The van der Waals surface area contributed by atoms with Crippen molar-refractivity contribution in [2.24, 2.45) is 0 Å². The summed E-state index contributed by atoms with van der Waals surface area (Å²) in [5.41, 5.74) is 6.78. The zero-order valence-electron chi connectivity index (χ0n) is 10.4. The third kappa shape index (κ3) is 3.75. The van der Waals surface area contributed by atoms with E-state index >= 15 is 0 Å². The number of nitrogens with zero attached hydrogens (tertiary/aromatic N) is 3. The number of nitrogen functional groups attached to an aromatic ring is 1. The van der Waals surface area contributed by atoms with Crippen LogP contribution in [0.5, 0.6) is 0 Å². The third-order valence-electron chi connectivity index (χ3n) is 2.71. The molecule has 0 aliphatic heterocycles. The van der Waals surface area contributed by atoms with Gasteiger partial charge in [0.2, 0.25) is 0 Å². The predicted octanol–water partition coefficient (Wildman–Crippen LogP) is 2.25. The van der Waals surface area contributed by atoms with Crippen molar-refractivity contribution < 1.29 is 0 Å². The fraction of sp³-hybridized carbons (Fsp3) is 0.308. The van der Waals surface area contributed by atoms with Crippen molar-refractivity contribution in [1.82, 2.24) is 14.7 Å². The lowest BCUT2D eigenvalue weighted by molar-refractivity contribution is 0.305. The lowest BCUT2D eigenvalue weighted by Crippen LogP contribution is -2.23. The molecule has 1 heterocycles. The Hall–Kier alpha value is -1.52. The van der Waals surface area contributed by atoms with Gasteiger partial charge in [-0.1, -0.05) is 23.7 Å². The Morgan fingerprint density at radius 1 is 1.39 bits per heavy atom. The smallest absolute Gasteiger partial charge is 0.145 e. The minimum atomic E-state index is 0.562. The second-order valence-electron chi connectivity index (χ2n) is 4.37. The van der Waals surface area contributed by atoms with E-state index in [0.717, 1.165) is 24.7 Å². The zero-order valence-corrected chi connectivity index (χ0v) is 11.1. The molecule has 2 rings (SSSR count). The molecule has 4 nitrogen and oxygen atoms in total. The highest BCUT2D eigenvalue weighted by Crippen LogP contribution is 2.12. The molecule has 0 unspecified atom stereocenters.